The normalized spacial score (nSPS) is 10.6. The van der Waals surface area contributed by atoms with Crippen molar-refractivity contribution in [3.05, 3.63) is 32.7 Å². The third-order valence-corrected chi connectivity index (χ3v) is 2.97. The number of aromatic amines is 1. The Morgan fingerprint density at radius 2 is 2.19 bits per heavy atom. The maximum Gasteiger partial charge on any atom is 0.188 e. The summed E-state index contributed by atoms with van der Waals surface area (Å²) in [7, 11) is 0. The zero-order valence-electron chi connectivity index (χ0n) is 8.11. The van der Waals surface area contributed by atoms with Crippen LogP contribution in [-0.2, 0) is 13.1 Å². The molecule has 0 aromatic carbocycles. The molecule has 0 bridgehead atoms. The first-order valence-electron chi connectivity index (χ1n) is 4.48. The van der Waals surface area contributed by atoms with Gasteiger partial charge in [-0.15, -0.1) is 10.2 Å². The van der Waals surface area contributed by atoms with Crippen LogP contribution in [0.4, 0.5) is 0 Å². The van der Waals surface area contributed by atoms with Gasteiger partial charge >= 0.3 is 0 Å². The van der Waals surface area contributed by atoms with Crippen LogP contribution in [0.15, 0.2) is 21.2 Å². The van der Waals surface area contributed by atoms with E-state index < -0.39 is 0 Å². The van der Waals surface area contributed by atoms with E-state index in [1.165, 1.54) is 0 Å². The summed E-state index contributed by atoms with van der Waals surface area (Å²) in [6.45, 7) is 1.20. The first kappa shape index (κ1) is 11.6. The molecule has 2 heterocycles. The van der Waals surface area contributed by atoms with Gasteiger partial charge in [-0.05, 0) is 37.9 Å². The number of nitrogens with zero attached hydrogens (tertiary/aromatic N) is 4. The molecule has 0 saturated carbocycles. The number of hydrogen-bond donors (Lipinski definition) is 2. The third-order valence-electron chi connectivity index (χ3n) is 1.85. The average Bonchev–Trinajstić information content (AvgIpc) is 2.74. The minimum atomic E-state index is 0.556. The highest BCUT2D eigenvalue weighted by Gasteiger charge is 2.03. The van der Waals surface area contributed by atoms with E-state index >= 15 is 0 Å². The molecular formula is C8H8Br2N6. The fourth-order valence-electron chi connectivity index (χ4n) is 1.12. The Labute approximate surface area is 108 Å². The number of aromatic nitrogens is 5. The molecule has 8 heteroatoms. The van der Waals surface area contributed by atoms with E-state index in [-0.39, 0.29) is 0 Å². The molecule has 0 aliphatic carbocycles. The minimum Gasteiger partial charge on any atom is -0.304 e. The van der Waals surface area contributed by atoms with Crippen LogP contribution in [0.2, 0.25) is 0 Å². The standard InChI is InChI=1S/C8H8Br2N6/c9-5-1-6(10)7(12-2-5)3-11-4-8-13-15-16-14-8/h1-2,11H,3-4H2,(H,13,14,15,16). The van der Waals surface area contributed by atoms with Crippen molar-refractivity contribution in [1.29, 1.82) is 0 Å². The quantitative estimate of drug-likeness (QED) is 0.874. The van der Waals surface area contributed by atoms with Crippen LogP contribution < -0.4 is 5.32 Å². The van der Waals surface area contributed by atoms with Crippen molar-refractivity contribution in [1.82, 2.24) is 30.9 Å². The van der Waals surface area contributed by atoms with Crippen LogP contribution >= 0.6 is 31.9 Å². The fourth-order valence-corrected chi connectivity index (χ4v) is 2.25. The maximum atomic E-state index is 4.28. The second-order valence-electron chi connectivity index (χ2n) is 3.01. The summed E-state index contributed by atoms with van der Waals surface area (Å²) < 4.78 is 1.91. The molecule has 2 aromatic heterocycles. The molecule has 2 N–H and O–H groups in total. The van der Waals surface area contributed by atoms with Crippen LogP contribution in [0.1, 0.15) is 11.5 Å². The molecular weight excluding hydrogens is 340 g/mol. The maximum absolute atomic E-state index is 4.28. The Hall–Kier alpha value is -0.860. The van der Waals surface area contributed by atoms with Crippen molar-refractivity contribution >= 4 is 31.9 Å². The van der Waals surface area contributed by atoms with Gasteiger partial charge in [0.25, 0.3) is 0 Å². The van der Waals surface area contributed by atoms with Crippen LogP contribution in [-0.4, -0.2) is 25.6 Å². The zero-order chi connectivity index (χ0) is 11.4. The molecule has 2 rings (SSSR count). The molecule has 16 heavy (non-hydrogen) atoms. The summed E-state index contributed by atoms with van der Waals surface area (Å²) in [5.41, 5.74) is 0.937. The highest BCUT2D eigenvalue weighted by atomic mass is 79.9. The van der Waals surface area contributed by atoms with E-state index in [9.17, 15) is 0 Å². The number of hydrogen-bond acceptors (Lipinski definition) is 5. The minimum absolute atomic E-state index is 0.556. The van der Waals surface area contributed by atoms with Gasteiger partial charge in [0.05, 0.1) is 12.2 Å². The van der Waals surface area contributed by atoms with Crippen LogP contribution in [0.25, 0.3) is 0 Å². The van der Waals surface area contributed by atoms with Gasteiger partial charge in [-0.1, -0.05) is 5.21 Å². The summed E-state index contributed by atoms with van der Waals surface area (Å²) in [5.74, 6) is 0.633. The van der Waals surface area contributed by atoms with E-state index in [1.807, 2.05) is 6.07 Å². The van der Waals surface area contributed by atoms with E-state index in [4.69, 9.17) is 0 Å². The van der Waals surface area contributed by atoms with Crippen molar-refractivity contribution in [3.8, 4) is 0 Å². The van der Waals surface area contributed by atoms with Crippen LogP contribution in [0, 0.1) is 0 Å². The molecule has 0 fully saturated rings. The summed E-state index contributed by atoms with van der Waals surface area (Å²) in [6, 6.07) is 1.96. The average molecular weight is 348 g/mol. The lowest BCUT2D eigenvalue weighted by Gasteiger charge is -2.04. The molecule has 0 saturated heterocycles. The Morgan fingerprint density at radius 3 is 2.88 bits per heavy atom. The monoisotopic (exact) mass is 346 g/mol. The zero-order valence-corrected chi connectivity index (χ0v) is 11.3. The molecule has 0 atom stereocenters. The lowest BCUT2D eigenvalue weighted by Crippen LogP contribution is -2.15. The Bertz CT molecular complexity index is 458. The third kappa shape index (κ3) is 3.06. The predicted octanol–water partition coefficient (Wildman–Crippen LogP) is 1.41. The lowest BCUT2D eigenvalue weighted by atomic mass is 10.3. The molecule has 0 aliphatic rings. The number of rotatable bonds is 4. The number of pyridine rings is 1. The van der Waals surface area contributed by atoms with Crippen molar-refractivity contribution in [3.63, 3.8) is 0 Å². The van der Waals surface area contributed by atoms with Gasteiger partial charge in [-0.3, -0.25) is 4.98 Å². The second kappa shape index (κ2) is 5.46. The Kier molecular flexibility index (Phi) is 3.97. The fraction of sp³-hybridized carbons (Fsp3) is 0.250. The highest BCUT2D eigenvalue weighted by Crippen LogP contribution is 2.19. The van der Waals surface area contributed by atoms with E-state index in [2.05, 4.69) is 62.8 Å². The topological polar surface area (TPSA) is 79.4 Å². The molecule has 6 nitrogen and oxygen atoms in total. The van der Waals surface area contributed by atoms with E-state index in [1.54, 1.807) is 6.20 Å². The lowest BCUT2D eigenvalue weighted by molar-refractivity contribution is 0.650. The number of tetrazole rings is 1. The van der Waals surface area contributed by atoms with Crippen LogP contribution in [0.3, 0.4) is 0 Å². The molecule has 0 unspecified atom stereocenters. The molecule has 0 aliphatic heterocycles. The van der Waals surface area contributed by atoms with Crippen LogP contribution in [0.5, 0.6) is 0 Å². The first-order valence-corrected chi connectivity index (χ1v) is 6.07. The summed E-state index contributed by atoms with van der Waals surface area (Å²) in [5, 5.41) is 16.7. The molecule has 0 spiro atoms. The Balaban J connectivity index is 1.90. The number of nitrogens with one attached hydrogen (secondary N) is 2. The molecule has 0 radical (unpaired) electrons. The van der Waals surface area contributed by atoms with Crippen molar-refractivity contribution in [2.75, 3.05) is 0 Å². The van der Waals surface area contributed by atoms with Gasteiger partial charge in [0, 0.05) is 21.7 Å². The molecule has 2 aromatic rings. The summed E-state index contributed by atoms with van der Waals surface area (Å²) in [6.07, 6.45) is 1.76. The Morgan fingerprint density at radius 1 is 1.31 bits per heavy atom. The number of halogens is 2. The summed E-state index contributed by atoms with van der Waals surface area (Å²) in [4.78, 5) is 4.28. The van der Waals surface area contributed by atoms with Crippen molar-refractivity contribution in [2.45, 2.75) is 13.1 Å². The summed E-state index contributed by atoms with van der Waals surface area (Å²) >= 11 is 6.79. The second-order valence-corrected chi connectivity index (χ2v) is 4.78. The van der Waals surface area contributed by atoms with Crippen molar-refractivity contribution < 1.29 is 0 Å². The van der Waals surface area contributed by atoms with Gasteiger partial charge in [0.15, 0.2) is 5.82 Å². The smallest absolute Gasteiger partial charge is 0.188 e. The largest absolute Gasteiger partial charge is 0.304 e. The SMILES string of the molecule is Brc1cnc(CNCc2nn[nH]n2)c(Br)c1. The van der Waals surface area contributed by atoms with Gasteiger partial charge < -0.3 is 5.32 Å². The molecule has 84 valence electrons. The first-order chi connectivity index (χ1) is 7.75. The van der Waals surface area contributed by atoms with Gasteiger partial charge in [-0.25, -0.2) is 0 Å². The number of H-pyrrole nitrogens is 1. The van der Waals surface area contributed by atoms with Crippen molar-refractivity contribution in [2.24, 2.45) is 0 Å². The van der Waals surface area contributed by atoms with Gasteiger partial charge in [0.2, 0.25) is 0 Å². The molecule has 0 amide bonds. The van der Waals surface area contributed by atoms with E-state index in [0.29, 0.717) is 18.9 Å². The highest BCUT2D eigenvalue weighted by molar-refractivity contribution is 9.11. The predicted molar refractivity (Wildman–Crippen MR) is 64.4 cm³/mol. The van der Waals surface area contributed by atoms with E-state index in [0.717, 1.165) is 14.6 Å². The van der Waals surface area contributed by atoms with Gasteiger partial charge in [0.1, 0.15) is 0 Å². The van der Waals surface area contributed by atoms with Gasteiger partial charge in [-0.2, -0.15) is 5.21 Å².